The minimum atomic E-state index is -0.406. The number of carbonyl (C=O) groups is 1. The molecule has 0 saturated heterocycles. The van der Waals surface area contributed by atoms with Gasteiger partial charge in [0, 0.05) is 7.05 Å². The summed E-state index contributed by atoms with van der Waals surface area (Å²) in [6.07, 6.45) is 0. The number of hydrogen-bond acceptors (Lipinski definition) is 5. The van der Waals surface area contributed by atoms with E-state index < -0.39 is 5.97 Å². The van der Waals surface area contributed by atoms with E-state index in [1.807, 2.05) is 61.5 Å². The van der Waals surface area contributed by atoms with Gasteiger partial charge in [-0.25, -0.2) is 9.86 Å². The minimum absolute atomic E-state index is 0.406. The number of nitrogens with zero attached hydrogens (tertiary/aromatic N) is 3. The molecule has 3 aromatic carbocycles. The van der Waals surface area contributed by atoms with Crippen LogP contribution in [0, 0.1) is 6.92 Å². The van der Waals surface area contributed by atoms with E-state index in [1.54, 1.807) is 31.3 Å². The zero-order valence-corrected chi connectivity index (χ0v) is 14.7. The van der Waals surface area contributed by atoms with Crippen LogP contribution in [-0.2, 0) is 4.84 Å². The van der Waals surface area contributed by atoms with E-state index in [2.05, 4.69) is 10.2 Å². The average Bonchev–Trinajstić information content (AvgIpc) is 2.68. The van der Waals surface area contributed by atoms with Crippen molar-refractivity contribution in [2.24, 2.45) is 10.2 Å². The van der Waals surface area contributed by atoms with Gasteiger partial charge in [-0.2, -0.15) is 10.2 Å². The molecule has 0 unspecified atom stereocenters. The van der Waals surface area contributed by atoms with Gasteiger partial charge in [-0.15, -0.1) is 0 Å². The number of azo groups is 1. The van der Waals surface area contributed by atoms with Crippen molar-refractivity contribution in [3.05, 3.63) is 90.0 Å². The predicted octanol–water partition coefficient (Wildman–Crippen LogP) is 5.62. The molecular weight excluding hydrogens is 326 g/mol. The molecule has 0 atom stereocenters. The van der Waals surface area contributed by atoms with Crippen LogP contribution in [0.1, 0.15) is 15.9 Å². The van der Waals surface area contributed by atoms with E-state index in [0.717, 1.165) is 17.1 Å². The van der Waals surface area contributed by atoms with Crippen LogP contribution in [0.15, 0.2) is 89.1 Å². The van der Waals surface area contributed by atoms with Gasteiger partial charge in [0.1, 0.15) is 0 Å². The Hall–Kier alpha value is -3.47. The lowest BCUT2D eigenvalue weighted by atomic mass is 10.2. The van der Waals surface area contributed by atoms with Crippen LogP contribution in [0.5, 0.6) is 0 Å². The van der Waals surface area contributed by atoms with Crippen molar-refractivity contribution in [1.29, 1.82) is 0 Å². The average molecular weight is 345 g/mol. The van der Waals surface area contributed by atoms with Gasteiger partial charge >= 0.3 is 5.97 Å². The Bertz CT molecular complexity index is 889. The molecule has 130 valence electrons. The van der Waals surface area contributed by atoms with E-state index in [-0.39, 0.29) is 0 Å². The van der Waals surface area contributed by atoms with Gasteiger partial charge in [0.25, 0.3) is 0 Å². The molecule has 0 N–H and O–H groups in total. The molecule has 0 aliphatic heterocycles. The molecule has 0 saturated carbocycles. The maximum Gasteiger partial charge on any atom is 0.363 e. The second-order valence-corrected chi connectivity index (χ2v) is 5.79. The van der Waals surface area contributed by atoms with E-state index in [0.29, 0.717) is 5.56 Å². The summed E-state index contributed by atoms with van der Waals surface area (Å²) < 4.78 is 0. The summed E-state index contributed by atoms with van der Waals surface area (Å²) in [5.41, 5.74) is 3.94. The van der Waals surface area contributed by atoms with Gasteiger partial charge in [-0.3, -0.25) is 0 Å². The zero-order chi connectivity index (χ0) is 18.4. The third kappa shape index (κ3) is 4.54. The molecule has 5 nitrogen and oxygen atoms in total. The summed E-state index contributed by atoms with van der Waals surface area (Å²) in [6.45, 7) is 2.03. The molecule has 0 fully saturated rings. The highest BCUT2D eigenvalue weighted by molar-refractivity contribution is 5.89. The summed E-state index contributed by atoms with van der Waals surface area (Å²) in [4.78, 5) is 17.4. The molecule has 0 aliphatic carbocycles. The largest absolute Gasteiger partial charge is 0.363 e. The number of aryl methyl sites for hydroxylation is 1. The molecule has 0 aliphatic rings. The van der Waals surface area contributed by atoms with Crippen molar-refractivity contribution in [1.82, 2.24) is 0 Å². The topological polar surface area (TPSA) is 54.3 Å². The molecule has 3 rings (SSSR count). The predicted molar refractivity (Wildman–Crippen MR) is 102 cm³/mol. The molecule has 0 spiro atoms. The lowest BCUT2D eigenvalue weighted by Gasteiger charge is -2.18. The van der Waals surface area contributed by atoms with E-state index in [4.69, 9.17) is 4.84 Å². The van der Waals surface area contributed by atoms with Crippen molar-refractivity contribution in [3.8, 4) is 0 Å². The Kier molecular flexibility index (Phi) is 5.39. The number of carbonyl (C=O) groups excluding carboxylic acids is 1. The fourth-order valence-corrected chi connectivity index (χ4v) is 2.26. The first kappa shape index (κ1) is 17.4. The summed E-state index contributed by atoms with van der Waals surface area (Å²) in [5.74, 6) is -0.406. The number of anilines is 1. The quantitative estimate of drug-likeness (QED) is 0.445. The zero-order valence-electron chi connectivity index (χ0n) is 14.7. The molecule has 0 radical (unpaired) electrons. The Morgan fingerprint density at radius 1 is 0.808 bits per heavy atom. The normalized spacial score (nSPS) is 10.7. The fraction of sp³-hybridized carbons (Fsp3) is 0.0952. The molecule has 0 bridgehead atoms. The number of hydrogen-bond donors (Lipinski definition) is 0. The van der Waals surface area contributed by atoms with Gasteiger partial charge in [-0.1, -0.05) is 35.9 Å². The van der Waals surface area contributed by atoms with Crippen molar-refractivity contribution >= 4 is 23.0 Å². The summed E-state index contributed by atoms with van der Waals surface area (Å²) >= 11 is 0. The van der Waals surface area contributed by atoms with Crippen molar-refractivity contribution in [3.63, 3.8) is 0 Å². The summed E-state index contributed by atoms with van der Waals surface area (Å²) in [6, 6.07) is 24.0. The summed E-state index contributed by atoms with van der Waals surface area (Å²) in [7, 11) is 1.68. The maximum atomic E-state index is 12.1. The second kappa shape index (κ2) is 8.07. The maximum absolute atomic E-state index is 12.1. The standard InChI is InChI=1S/C21H19N3O2/c1-16-8-10-18(11-9-16)22-23-19-12-14-20(15-13-19)24(2)26-21(25)17-6-4-3-5-7-17/h3-15H,1-2H3. The molecule has 3 aromatic rings. The van der Waals surface area contributed by atoms with Crippen LogP contribution in [0.3, 0.4) is 0 Å². The third-order valence-electron chi connectivity index (χ3n) is 3.76. The lowest BCUT2D eigenvalue weighted by molar-refractivity contribution is 0.0478. The monoisotopic (exact) mass is 345 g/mol. The van der Waals surface area contributed by atoms with Crippen LogP contribution in [0.4, 0.5) is 17.1 Å². The van der Waals surface area contributed by atoms with Crippen molar-refractivity contribution in [2.45, 2.75) is 6.92 Å². The van der Waals surface area contributed by atoms with Crippen LogP contribution < -0.4 is 5.06 Å². The van der Waals surface area contributed by atoms with Crippen LogP contribution in [0.2, 0.25) is 0 Å². The first-order valence-electron chi connectivity index (χ1n) is 8.21. The number of rotatable bonds is 5. The Morgan fingerprint density at radius 2 is 1.35 bits per heavy atom. The molecule has 5 heteroatoms. The third-order valence-corrected chi connectivity index (χ3v) is 3.76. The van der Waals surface area contributed by atoms with Gasteiger partial charge in [0.15, 0.2) is 0 Å². The molecule has 0 heterocycles. The van der Waals surface area contributed by atoms with Crippen LogP contribution in [-0.4, -0.2) is 13.0 Å². The SMILES string of the molecule is Cc1ccc(N=Nc2ccc(N(C)OC(=O)c3ccccc3)cc2)cc1. The van der Waals surface area contributed by atoms with Crippen LogP contribution in [0.25, 0.3) is 0 Å². The van der Waals surface area contributed by atoms with E-state index in [1.165, 1.54) is 10.6 Å². The highest BCUT2D eigenvalue weighted by Gasteiger charge is 2.11. The van der Waals surface area contributed by atoms with Gasteiger partial charge < -0.3 is 4.84 Å². The molecule has 0 aromatic heterocycles. The first-order chi connectivity index (χ1) is 12.6. The lowest BCUT2D eigenvalue weighted by Crippen LogP contribution is -2.22. The van der Waals surface area contributed by atoms with Crippen molar-refractivity contribution in [2.75, 3.05) is 12.1 Å². The van der Waals surface area contributed by atoms with E-state index in [9.17, 15) is 4.79 Å². The highest BCUT2D eigenvalue weighted by atomic mass is 16.7. The number of hydroxylamine groups is 1. The Morgan fingerprint density at radius 3 is 1.92 bits per heavy atom. The Balaban J connectivity index is 1.63. The smallest absolute Gasteiger partial charge is 0.336 e. The van der Waals surface area contributed by atoms with Crippen LogP contribution >= 0.6 is 0 Å². The molecule has 0 amide bonds. The second-order valence-electron chi connectivity index (χ2n) is 5.79. The fourth-order valence-electron chi connectivity index (χ4n) is 2.26. The summed E-state index contributed by atoms with van der Waals surface area (Å²) in [5, 5.41) is 9.85. The van der Waals surface area contributed by atoms with E-state index >= 15 is 0 Å². The first-order valence-corrected chi connectivity index (χ1v) is 8.21. The minimum Gasteiger partial charge on any atom is -0.336 e. The molecule has 26 heavy (non-hydrogen) atoms. The molecular formula is C21H19N3O2. The van der Waals surface area contributed by atoms with Gasteiger partial charge in [0.2, 0.25) is 0 Å². The highest BCUT2D eigenvalue weighted by Crippen LogP contribution is 2.22. The number of benzene rings is 3. The Labute approximate surface area is 152 Å². The van der Waals surface area contributed by atoms with Gasteiger partial charge in [-0.05, 0) is 55.5 Å². The van der Waals surface area contributed by atoms with Gasteiger partial charge in [0.05, 0.1) is 22.6 Å². The van der Waals surface area contributed by atoms with Crippen molar-refractivity contribution < 1.29 is 9.63 Å².